The Morgan fingerprint density at radius 1 is 1.09 bits per heavy atom. The zero-order valence-electron chi connectivity index (χ0n) is 18.2. The molecule has 0 saturated heterocycles. The van der Waals surface area contributed by atoms with Gasteiger partial charge in [-0.25, -0.2) is 13.6 Å². The number of anilines is 2. The van der Waals surface area contributed by atoms with Gasteiger partial charge < -0.3 is 10.4 Å². The van der Waals surface area contributed by atoms with Gasteiger partial charge in [0.05, 0.1) is 21.7 Å². The predicted octanol–water partition coefficient (Wildman–Crippen LogP) is 4.75. The molecule has 2 N–H and O–H groups in total. The molecule has 1 aliphatic carbocycles. The van der Waals surface area contributed by atoms with Crippen LogP contribution in [0.15, 0.2) is 60.7 Å². The molecule has 1 fully saturated rings. The first kappa shape index (κ1) is 23.0. The number of rotatable bonds is 6. The van der Waals surface area contributed by atoms with Crippen molar-refractivity contribution in [3.8, 4) is 0 Å². The largest absolute Gasteiger partial charge is 0.480 e. The van der Waals surface area contributed by atoms with Crippen molar-refractivity contribution < 1.29 is 28.3 Å². The van der Waals surface area contributed by atoms with Crippen molar-refractivity contribution >= 4 is 40.8 Å². The Hall–Kier alpha value is -3.78. The van der Waals surface area contributed by atoms with E-state index in [9.17, 15) is 28.3 Å². The lowest BCUT2D eigenvalue weighted by molar-refractivity contribution is -0.139. The number of aliphatic carboxylic acids is 1. The first-order valence-electron chi connectivity index (χ1n) is 10.9. The zero-order valence-corrected chi connectivity index (χ0v) is 19.0. The number of carbonyl (C=O) groups is 3. The highest BCUT2D eigenvalue weighted by molar-refractivity contribution is 6.33. The summed E-state index contributed by atoms with van der Waals surface area (Å²) in [5.74, 6) is -3.64. The van der Waals surface area contributed by atoms with E-state index in [1.807, 2.05) is 0 Å². The average molecular weight is 497 g/mol. The molecule has 3 aromatic carbocycles. The van der Waals surface area contributed by atoms with E-state index in [-0.39, 0.29) is 17.4 Å². The molecule has 6 nitrogen and oxygen atoms in total. The number of halogens is 3. The number of benzene rings is 3. The molecule has 35 heavy (non-hydrogen) atoms. The minimum atomic E-state index is -1.35. The number of amides is 2. The van der Waals surface area contributed by atoms with Crippen LogP contribution in [-0.4, -0.2) is 28.9 Å². The first-order chi connectivity index (χ1) is 16.7. The number of fused-ring (bicyclic) bond motifs is 2. The van der Waals surface area contributed by atoms with Gasteiger partial charge in [0.15, 0.2) is 0 Å². The van der Waals surface area contributed by atoms with Crippen molar-refractivity contribution in [1.29, 1.82) is 0 Å². The van der Waals surface area contributed by atoms with Crippen LogP contribution in [0.5, 0.6) is 0 Å². The van der Waals surface area contributed by atoms with Gasteiger partial charge in [0.2, 0.25) is 5.91 Å². The summed E-state index contributed by atoms with van der Waals surface area (Å²) >= 11 is 5.91. The average Bonchev–Trinajstić information content (AvgIpc) is 3.57. The van der Waals surface area contributed by atoms with E-state index in [0.717, 1.165) is 11.6 Å². The van der Waals surface area contributed by atoms with Crippen LogP contribution in [-0.2, 0) is 21.4 Å². The first-order valence-corrected chi connectivity index (χ1v) is 11.3. The van der Waals surface area contributed by atoms with Crippen molar-refractivity contribution in [3.63, 3.8) is 0 Å². The third kappa shape index (κ3) is 3.93. The number of nitrogens with one attached hydrogen (secondary N) is 1. The van der Waals surface area contributed by atoms with Gasteiger partial charge in [-0.15, -0.1) is 0 Å². The number of hydrogen-bond acceptors (Lipinski definition) is 3. The molecule has 2 amide bonds. The molecule has 178 valence electrons. The molecule has 0 aromatic heterocycles. The van der Waals surface area contributed by atoms with Gasteiger partial charge in [0.25, 0.3) is 5.91 Å². The van der Waals surface area contributed by atoms with Crippen LogP contribution in [0.25, 0.3) is 0 Å². The maximum Gasteiger partial charge on any atom is 0.326 e. The lowest BCUT2D eigenvalue weighted by Crippen LogP contribution is -2.42. The van der Waals surface area contributed by atoms with Gasteiger partial charge in [-0.1, -0.05) is 35.9 Å². The zero-order chi connectivity index (χ0) is 24.9. The molecular weight excluding hydrogens is 478 g/mol. The highest BCUT2D eigenvalue weighted by Gasteiger charge is 2.59. The minimum Gasteiger partial charge on any atom is -0.480 e. The van der Waals surface area contributed by atoms with Gasteiger partial charge in [-0.2, -0.15) is 0 Å². The summed E-state index contributed by atoms with van der Waals surface area (Å²) in [5, 5.41) is 11.8. The Balaban J connectivity index is 1.36. The van der Waals surface area contributed by atoms with Crippen molar-refractivity contribution in [2.75, 3.05) is 4.90 Å². The van der Waals surface area contributed by atoms with Gasteiger partial charge >= 0.3 is 5.97 Å². The lowest BCUT2D eigenvalue weighted by atomic mass is 9.98. The van der Waals surface area contributed by atoms with Crippen LogP contribution in [0.4, 0.5) is 20.2 Å². The number of carboxylic acids is 1. The molecule has 0 bridgehead atoms. The lowest BCUT2D eigenvalue weighted by Gasteiger charge is -2.19. The molecular formula is C26H19ClF2N2O4. The van der Waals surface area contributed by atoms with Crippen molar-refractivity contribution in [2.24, 2.45) is 0 Å². The summed E-state index contributed by atoms with van der Waals surface area (Å²) in [6, 6.07) is 13.3. The molecule has 0 unspecified atom stereocenters. The van der Waals surface area contributed by atoms with Crippen LogP contribution >= 0.6 is 11.6 Å². The monoisotopic (exact) mass is 496 g/mol. The van der Waals surface area contributed by atoms with E-state index in [0.29, 0.717) is 29.8 Å². The summed E-state index contributed by atoms with van der Waals surface area (Å²) in [7, 11) is 0. The van der Waals surface area contributed by atoms with Crippen LogP contribution < -0.4 is 10.2 Å². The Morgan fingerprint density at radius 2 is 1.80 bits per heavy atom. The van der Waals surface area contributed by atoms with E-state index < -0.39 is 40.5 Å². The molecule has 3 aromatic rings. The van der Waals surface area contributed by atoms with Crippen LogP contribution in [0, 0.1) is 11.6 Å². The highest BCUT2D eigenvalue weighted by atomic mass is 35.5. The second kappa shape index (κ2) is 8.46. The van der Waals surface area contributed by atoms with Gasteiger partial charge in [-0.3, -0.25) is 14.5 Å². The van der Waals surface area contributed by atoms with Gasteiger partial charge in [0.1, 0.15) is 17.7 Å². The molecule has 1 aliphatic heterocycles. The van der Waals surface area contributed by atoms with E-state index >= 15 is 0 Å². The van der Waals surface area contributed by atoms with Crippen LogP contribution in [0.1, 0.15) is 34.3 Å². The van der Waals surface area contributed by atoms with Crippen molar-refractivity contribution in [3.05, 3.63) is 94.0 Å². The summed E-state index contributed by atoms with van der Waals surface area (Å²) in [5.41, 5.74) is 1.40. The van der Waals surface area contributed by atoms with E-state index in [1.54, 1.807) is 30.3 Å². The topological polar surface area (TPSA) is 86.7 Å². The van der Waals surface area contributed by atoms with Crippen molar-refractivity contribution in [2.45, 2.75) is 30.7 Å². The van der Waals surface area contributed by atoms with E-state index in [4.69, 9.17) is 11.6 Å². The predicted molar refractivity (Wildman–Crippen MR) is 125 cm³/mol. The normalized spacial score (nSPS) is 16.2. The number of carbonyl (C=O) groups excluding carboxylic acids is 2. The molecule has 2 aliphatic rings. The molecule has 9 heteroatoms. The maximum atomic E-state index is 14.0. The number of hydrogen-bond donors (Lipinski definition) is 2. The second-order valence-corrected chi connectivity index (χ2v) is 9.12. The highest BCUT2D eigenvalue weighted by Crippen LogP contribution is 2.59. The number of nitrogens with zero attached hydrogens (tertiary/aromatic N) is 1. The quantitative estimate of drug-likeness (QED) is 0.515. The molecule has 1 spiro atoms. The molecule has 5 rings (SSSR count). The molecule has 1 saturated carbocycles. The van der Waals surface area contributed by atoms with Crippen LogP contribution in [0.2, 0.25) is 5.02 Å². The van der Waals surface area contributed by atoms with E-state index in [2.05, 4.69) is 5.32 Å². The summed E-state index contributed by atoms with van der Waals surface area (Å²) in [6.45, 7) is 0. The minimum absolute atomic E-state index is 0.0868. The number of carboxylic acid groups (broad SMARTS) is 1. The maximum absolute atomic E-state index is 14.0. The van der Waals surface area contributed by atoms with E-state index in [1.165, 1.54) is 29.2 Å². The van der Waals surface area contributed by atoms with Gasteiger partial charge in [-0.05, 0) is 60.4 Å². The second-order valence-electron chi connectivity index (χ2n) is 8.72. The SMILES string of the molecule is O=C(N[C@@H](Cc1ccc(N2C(=O)C3(CC3)c3ccc(F)cc32)cc1)C(=O)O)c1c(F)cccc1Cl. The third-order valence-corrected chi connectivity index (χ3v) is 6.82. The molecule has 1 atom stereocenters. The van der Waals surface area contributed by atoms with Crippen LogP contribution in [0.3, 0.4) is 0 Å². The Labute approximate surface area is 204 Å². The van der Waals surface area contributed by atoms with Crippen molar-refractivity contribution in [1.82, 2.24) is 5.32 Å². The Morgan fingerprint density at radius 3 is 2.43 bits per heavy atom. The van der Waals surface area contributed by atoms with Gasteiger partial charge in [0, 0.05) is 12.1 Å². The Kier molecular flexibility index (Phi) is 5.56. The molecule has 0 radical (unpaired) electrons. The fraction of sp³-hybridized carbons (Fsp3) is 0.192. The summed E-state index contributed by atoms with van der Waals surface area (Å²) < 4.78 is 28.0. The summed E-state index contributed by atoms with van der Waals surface area (Å²) in [4.78, 5) is 38.9. The smallest absolute Gasteiger partial charge is 0.326 e. The molecule has 1 heterocycles. The standard InChI is InChI=1S/C26H19ClF2N2O4/c27-18-2-1-3-19(29)22(18)23(32)30-20(24(33)34)12-14-4-7-16(8-5-14)31-21-13-15(28)6-9-17(21)26(10-11-26)25(31)35/h1-9,13,20H,10-12H2,(H,30,32)(H,33,34)/t20-/m0/s1. The summed E-state index contributed by atoms with van der Waals surface area (Å²) in [6.07, 6.45) is 1.34. The fourth-order valence-corrected chi connectivity index (χ4v) is 4.81. The Bertz CT molecular complexity index is 1350. The third-order valence-electron chi connectivity index (χ3n) is 6.51. The fourth-order valence-electron chi connectivity index (χ4n) is 4.56.